The van der Waals surface area contributed by atoms with Gasteiger partial charge in [0.25, 0.3) is 0 Å². The van der Waals surface area contributed by atoms with E-state index in [1.165, 1.54) is 18.3 Å². The Morgan fingerprint density at radius 1 is 1.38 bits per heavy atom. The van der Waals surface area contributed by atoms with E-state index in [1.54, 1.807) is 6.07 Å². The number of nitro groups is 1. The van der Waals surface area contributed by atoms with Gasteiger partial charge >= 0.3 is 5.69 Å². The molecule has 2 heterocycles. The summed E-state index contributed by atoms with van der Waals surface area (Å²) in [7, 11) is 0. The highest BCUT2D eigenvalue weighted by Crippen LogP contribution is 2.35. The highest BCUT2D eigenvalue weighted by atomic mass is 79.9. The number of nitrogens with zero attached hydrogens (tertiary/aromatic N) is 4. The molecule has 3 aromatic rings. The summed E-state index contributed by atoms with van der Waals surface area (Å²) >= 11 is 3.17. The fraction of sp³-hybridized carbons (Fsp3) is 0. The third-order valence-electron chi connectivity index (χ3n) is 2.62. The van der Waals surface area contributed by atoms with Crippen LogP contribution in [-0.4, -0.2) is 25.1 Å². The van der Waals surface area contributed by atoms with Crippen LogP contribution in [0.1, 0.15) is 0 Å². The number of hydrogen-bond donors (Lipinski definition) is 2. The summed E-state index contributed by atoms with van der Waals surface area (Å²) in [6, 6.07) is 4.43. The molecule has 9 nitrogen and oxygen atoms in total. The molecule has 0 radical (unpaired) electrons. The van der Waals surface area contributed by atoms with E-state index in [0.29, 0.717) is 15.5 Å². The number of hydrogen-bond acceptors (Lipinski definition) is 7. The van der Waals surface area contributed by atoms with E-state index >= 15 is 0 Å². The van der Waals surface area contributed by atoms with Crippen molar-refractivity contribution >= 4 is 38.6 Å². The van der Waals surface area contributed by atoms with Gasteiger partial charge in [0.15, 0.2) is 5.65 Å². The second-order valence-electron chi connectivity index (χ2n) is 3.99. The van der Waals surface area contributed by atoms with Gasteiger partial charge in [-0.3, -0.25) is 15.2 Å². The van der Waals surface area contributed by atoms with Crippen LogP contribution in [0.2, 0.25) is 0 Å². The molecule has 3 rings (SSSR count). The minimum atomic E-state index is -0.544. The van der Waals surface area contributed by atoms with Crippen molar-refractivity contribution in [3.8, 4) is 11.6 Å². The van der Waals surface area contributed by atoms with Crippen LogP contribution >= 0.6 is 15.9 Å². The number of aromatic amines is 1. The molecule has 3 N–H and O–H groups in total. The summed E-state index contributed by atoms with van der Waals surface area (Å²) in [6.07, 6.45) is 1.45. The van der Waals surface area contributed by atoms with Crippen molar-refractivity contribution in [3.63, 3.8) is 0 Å². The van der Waals surface area contributed by atoms with Crippen LogP contribution < -0.4 is 10.5 Å². The zero-order valence-corrected chi connectivity index (χ0v) is 11.9. The lowest BCUT2D eigenvalue weighted by Crippen LogP contribution is -1.99. The number of ether oxygens (including phenoxy) is 1. The van der Waals surface area contributed by atoms with Crippen LogP contribution in [0.15, 0.2) is 28.9 Å². The average molecular weight is 351 g/mol. The molecule has 106 valence electrons. The zero-order valence-electron chi connectivity index (χ0n) is 10.3. The van der Waals surface area contributed by atoms with Crippen LogP contribution in [0, 0.1) is 10.1 Å². The third-order valence-corrected chi connectivity index (χ3v) is 3.11. The Labute approximate surface area is 125 Å². The quantitative estimate of drug-likeness (QED) is 0.547. The fourth-order valence-corrected chi connectivity index (χ4v) is 2.08. The van der Waals surface area contributed by atoms with E-state index in [2.05, 4.69) is 36.1 Å². The Morgan fingerprint density at radius 3 is 2.95 bits per heavy atom. The smallest absolute Gasteiger partial charge is 0.312 e. The Kier molecular flexibility index (Phi) is 3.14. The molecule has 0 saturated heterocycles. The number of rotatable bonds is 3. The normalized spacial score (nSPS) is 10.7. The second kappa shape index (κ2) is 4.98. The average Bonchev–Trinajstić information content (AvgIpc) is 2.88. The van der Waals surface area contributed by atoms with E-state index in [0.717, 1.165) is 0 Å². The van der Waals surface area contributed by atoms with Gasteiger partial charge in [-0.15, -0.1) is 0 Å². The van der Waals surface area contributed by atoms with Crippen LogP contribution in [0.5, 0.6) is 11.6 Å². The number of anilines is 1. The molecule has 0 aliphatic carbocycles. The first-order chi connectivity index (χ1) is 10.0. The number of benzene rings is 1. The molecule has 0 saturated carbocycles. The molecule has 21 heavy (non-hydrogen) atoms. The molecule has 0 fully saturated rings. The molecular formula is C11H7BrN6O3. The number of nitrogen functional groups attached to an aromatic ring is 1. The van der Waals surface area contributed by atoms with Gasteiger partial charge < -0.3 is 10.5 Å². The summed E-state index contributed by atoms with van der Waals surface area (Å²) < 4.78 is 6.09. The van der Waals surface area contributed by atoms with E-state index < -0.39 is 4.92 Å². The van der Waals surface area contributed by atoms with Crippen molar-refractivity contribution in [1.29, 1.82) is 0 Å². The molecule has 2 aromatic heterocycles. The van der Waals surface area contributed by atoms with Gasteiger partial charge in [0.2, 0.25) is 17.6 Å². The summed E-state index contributed by atoms with van der Waals surface area (Å²) in [4.78, 5) is 18.4. The van der Waals surface area contributed by atoms with Crippen molar-refractivity contribution in [1.82, 2.24) is 20.2 Å². The summed E-state index contributed by atoms with van der Waals surface area (Å²) in [5.74, 6) is 0.113. The predicted octanol–water partition coefficient (Wildman–Crippen LogP) is 2.40. The first-order valence-electron chi connectivity index (χ1n) is 5.63. The summed E-state index contributed by atoms with van der Waals surface area (Å²) in [5, 5.41) is 18.0. The molecule has 0 amide bonds. The number of fused-ring (bicyclic) bond motifs is 1. The molecule has 0 bridgehead atoms. The molecule has 0 atom stereocenters. The number of halogens is 1. The minimum Gasteiger partial charge on any atom is -0.431 e. The lowest BCUT2D eigenvalue weighted by atomic mass is 10.3. The predicted molar refractivity (Wildman–Crippen MR) is 77.0 cm³/mol. The van der Waals surface area contributed by atoms with Gasteiger partial charge in [-0.1, -0.05) is 15.9 Å². The van der Waals surface area contributed by atoms with Gasteiger partial charge in [-0.25, -0.2) is 0 Å². The Morgan fingerprint density at radius 2 is 2.19 bits per heavy atom. The molecule has 1 aromatic carbocycles. The summed E-state index contributed by atoms with van der Waals surface area (Å²) in [5.41, 5.74) is 5.76. The topological polar surface area (TPSA) is 133 Å². The number of nitrogens with two attached hydrogens (primary N) is 1. The van der Waals surface area contributed by atoms with Crippen LogP contribution in [-0.2, 0) is 0 Å². The standard InChI is InChI=1S/C11H7BrN6O3/c12-5-1-2-8(7(3-5)18(19)20)21-10-6-4-14-17-9(6)15-11(13)16-10/h1-4H,(H3,13,14,15,16,17). The number of aromatic nitrogens is 4. The van der Waals surface area contributed by atoms with Crippen molar-refractivity contribution in [2.24, 2.45) is 0 Å². The Balaban J connectivity index is 2.10. The van der Waals surface area contributed by atoms with Gasteiger partial charge in [0, 0.05) is 10.5 Å². The van der Waals surface area contributed by atoms with E-state index in [1.807, 2.05) is 0 Å². The number of nitrogens with one attached hydrogen (secondary N) is 1. The molecule has 0 unspecified atom stereocenters. The van der Waals surface area contributed by atoms with Crippen molar-refractivity contribution in [2.75, 3.05) is 5.73 Å². The maximum Gasteiger partial charge on any atom is 0.312 e. The first kappa shape index (κ1) is 13.2. The SMILES string of the molecule is Nc1nc(Oc2ccc(Br)cc2[N+](=O)[O-])c2cn[nH]c2n1. The largest absolute Gasteiger partial charge is 0.431 e. The maximum absolute atomic E-state index is 11.1. The van der Waals surface area contributed by atoms with Crippen LogP contribution in [0.4, 0.5) is 11.6 Å². The van der Waals surface area contributed by atoms with E-state index in [4.69, 9.17) is 10.5 Å². The fourth-order valence-electron chi connectivity index (χ4n) is 1.73. The van der Waals surface area contributed by atoms with Crippen LogP contribution in [0.3, 0.4) is 0 Å². The van der Waals surface area contributed by atoms with Crippen molar-refractivity contribution in [2.45, 2.75) is 0 Å². The Hall–Kier alpha value is -2.75. The van der Waals surface area contributed by atoms with E-state index in [-0.39, 0.29) is 23.3 Å². The molecule has 0 spiro atoms. The third kappa shape index (κ3) is 2.48. The van der Waals surface area contributed by atoms with Crippen LogP contribution in [0.25, 0.3) is 11.0 Å². The highest BCUT2D eigenvalue weighted by molar-refractivity contribution is 9.10. The first-order valence-corrected chi connectivity index (χ1v) is 6.42. The number of nitro benzene ring substituents is 1. The maximum atomic E-state index is 11.1. The number of H-pyrrole nitrogens is 1. The van der Waals surface area contributed by atoms with Gasteiger partial charge in [-0.2, -0.15) is 15.1 Å². The lowest BCUT2D eigenvalue weighted by Gasteiger charge is -2.06. The minimum absolute atomic E-state index is 0.0264. The monoisotopic (exact) mass is 350 g/mol. The molecule has 0 aliphatic rings. The molecule has 10 heteroatoms. The molecule has 0 aliphatic heterocycles. The lowest BCUT2D eigenvalue weighted by molar-refractivity contribution is -0.385. The second-order valence-corrected chi connectivity index (χ2v) is 4.91. The highest BCUT2D eigenvalue weighted by Gasteiger charge is 2.19. The van der Waals surface area contributed by atoms with E-state index in [9.17, 15) is 10.1 Å². The molecular weight excluding hydrogens is 344 g/mol. The van der Waals surface area contributed by atoms with Gasteiger partial charge in [0.05, 0.1) is 11.1 Å². The van der Waals surface area contributed by atoms with Crippen molar-refractivity contribution < 1.29 is 9.66 Å². The van der Waals surface area contributed by atoms with Gasteiger partial charge in [0.1, 0.15) is 5.39 Å². The Bertz CT molecular complexity index is 849. The summed E-state index contributed by atoms with van der Waals surface area (Å²) in [6.45, 7) is 0. The zero-order chi connectivity index (χ0) is 15.0. The van der Waals surface area contributed by atoms with Crippen molar-refractivity contribution in [3.05, 3.63) is 39.0 Å². The van der Waals surface area contributed by atoms with Gasteiger partial charge in [-0.05, 0) is 12.1 Å².